The number of amides is 1. The number of carbonyl (C=O) groups excluding carboxylic acids is 1. The number of hydrogen-bond acceptors (Lipinski definition) is 2. The van der Waals surface area contributed by atoms with Gasteiger partial charge in [0.2, 0.25) is 6.41 Å². The number of rotatable bonds is 6. The fourth-order valence-electron chi connectivity index (χ4n) is 1.17. The molecule has 0 atom stereocenters. The molecule has 0 saturated heterocycles. The van der Waals surface area contributed by atoms with E-state index < -0.39 is 0 Å². The summed E-state index contributed by atoms with van der Waals surface area (Å²) in [6.07, 6.45) is 2.51. The molecule has 1 rings (SSSR count). The third kappa shape index (κ3) is 3.85. The molecule has 1 amide bonds. The zero-order valence-electron chi connectivity index (χ0n) is 8.85. The first kappa shape index (κ1) is 11.3. The summed E-state index contributed by atoms with van der Waals surface area (Å²) in [4.78, 5) is 12.0. The second-order valence-corrected chi connectivity index (χ2v) is 3.26. The van der Waals surface area contributed by atoms with Gasteiger partial charge in [-0.1, -0.05) is 24.8 Å². The first-order valence-electron chi connectivity index (χ1n) is 4.74. The smallest absolute Gasteiger partial charge is 0.209 e. The van der Waals surface area contributed by atoms with Crippen molar-refractivity contribution in [2.45, 2.75) is 6.54 Å². The number of ether oxygens (including phenoxy) is 1. The topological polar surface area (TPSA) is 29.5 Å². The van der Waals surface area contributed by atoms with Crippen LogP contribution in [0.5, 0.6) is 5.75 Å². The van der Waals surface area contributed by atoms with E-state index in [9.17, 15) is 4.79 Å². The van der Waals surface area contributed by atoms with Crippen LogP contribution in [0.1, 0.15) is 5.56 Å². The molecule has 15 heavy (non-hydrogen) atoms. The van der Waals surface area contributed by atoms with Gasteiger partial charge in [0, 0.05) is 13.6 Å². The Bertz CT molecular complexity index is 319. The van der Waals surface area contributed by atoms with Gasteiger partial charge in [-0.25, -0.2) is 0 Å². The summed E-state index contributed by atoms with van der Waals surface area (Å²) in [6, 6.07) is 7.66. The van der Waals surface area contributed by atoms with Crippen LogP contribution in [0.15, 0.2) is 36.9 Å². The lowest BCUT2D eigenvalue weighted by atomic mass is 10.2. The van der Waals surface area contributed by atoms with E-state index in [-0.39, 0.29) is 0 Å². The molecular formula is C12H15NO2. The summed E-state index contributed by atoms with van der Waals surface area (Å²) in [5.41, 5.74) is 1.08. The number of carbonyl (C=O) groups is 1. The summed E-state index contributed by atoms with van der Waals surface area (Å²) in [7, 11) is 1.75. The van der Waals surface area contributed by atoms with Crippen molar-refractivity contribution >= 4 is 6.41 Å². The fraction of sp³-hybridized carbons (Fsp3) is 0.250. The van der Waals surface area contributed by atoms with Gasteiger partial charge in [-0.05, 0) is 17.7 Å². The van der Waals surface area contributed by atoms with Crippen molar-refractivity contribution in [3.05, 3.63) is 42.5 Å². The van der Waals surface area contributed by atoms with Gasteiger partial charge in [-0.15, -0.1) is 0 Å². The van der Waals surface area contributed by atoms with Gasteiger partial charge in [0.15, 0.2) is 0 Å². The fourth-order valence-corrected chi connectivity index (χ4v) is 1.17. The van der Waals surface area contributed by atoms with Crippen LogP contribution >= 0.6 is 0 Å². The molecule has 1 aromatic rings. The maximum Gasteiger partial charge on any atom is 0.209 e. The van der Waals surface area contributed by atoms with E-state index in [1.807, 2.05) is 24.3 Å². The van der Waals surface area contributed by atoms with Gasteiger partial charge < -0.3 is 9.64 Å². The molecule has 0 radical (unpaired) electrons. The quantitative estimate of drug-likeness (QED) is 0.524. The first-order valence-corrected chi connectivity index (χ1v) is 4.74. The second kappa shape index (κ2) is 5.86. The van der Waals surface area contributed by atoms with Crippen molar-refractivity contribution in [1.29, 1.82) is 0 Å². The minimum Gasteiger partial charge on any atom is -0.490 e. The summed E-state index contributed by atoms with van der Waals surface area (Å²) < 4.78 is 5.34. The molecule has 0 spiro atoms. The molecule has 0 N–H and O–H groups in total. The first-order chi connectivity index (χ1) is 7.26. The van der Waals surface area contributed by atoms with Crippen LogP contribution in [0.25, 0.3) is 0 Å². The molecule has 0 heterocycles. The largest absolute Gasteiger partial charge is 0.490 e. The Morgan fingerprint density at radius 1 is 1.40 bits per heavy atom. The van der Waals surface area contributed by atoms with Gasteiger partial charge in [-0.3, -0.25) is 4.79 Å². The highest BCUT2D eigenvalue weighted by atomic mass is 16.5. The number of nitrogens with zero attached hydrogens (tertiary/aromatic N) is 1. The van der Waals surface area contributed by atoms with Crippen molar-refractivity contribution in [1.82, 2.24) is 4.90 Å². The Labute approximate surface area is 90.0 Å². The Morgan fingerprint density at radius 2 is 2.07 bits per heavy atom. The van der Waals surface area contributed by atoms with Crippen molar-refractivity contribution in [3.63, 3.8) is 0 Å². The Morgan fingerprint density at radius 3 is 2.60 bits per heavy atom. The van der Waals surface area contributed by atoms with Crippen LogP contribution in [-0.4, -0.2) is 25.0 Å². The van der Waals surface area contributed by atoms with Gasteiger partial charge in [0.25, 0.3) is 0 Å². The van der Waals surface area contributed by atoms with E-state index in [2.05, 4.69) is 6.58 Å². The molecule has 0 fully saturated rings. The van der Waals surface area contributed by atoms with Crippen LogP contribution in [0, 0.1) is 0 Å². The van der Waals surface area contributed by atoms with Crippen LogP contribution in [0.2, 0.25) is 0 Å². The molecular weight excluding hydrogens is 190 g/mol. The standard InChI is InChI=1S/C12H15NO2/c1-3-8-15-12-6-4-11(5-7-12)9-13(2)10-14/h3-7,10H,1,8-9H2,2H3. The van der Waals surface area contributed by atoms with Crippen molar-refractivity contribution in [2.24, 2.45) is 0 Å². The molecule has 0 aliphatic rings. The van der Waals surface area contributed by atoms with E-state index in [0.717, 1.165) is 17.7 Å². The Kier molecular flexibility index (Phi) is 4.41. The molecule has 0 saturated carbocycles. The number of hydrogen-bond donors (Lipinski definition) is 0. The summed E-state index contributed by atoms with van der Waals surface area (Å²) in [6.45, 7) is 4.70. The maximum absolute atomic E-state index is 10.4. The SMILES string of the molecule is C=CCOc1ccc(CN(C)C=O)cc1. The van der Waals surface area contributed by atoms with Crippen molar-refractivity contribution < 1.29 is 9.53 Å². The molecule has 0 aromatic heterocycles. The van der Waals surface area contributed by atoms with Gasteiger partial charge in [0.05, 0.1) is 0 Å². The minimum atomic E-state index is 0.508. The summed E-state index contributed by atoms with van der Waals surface area (Å²) in [5, 5.41) is 0. The molecule has 3 heteroatoms. The van der Waals surface area contributed by atoms with E-state index >= 15 is 0 Å². The van der Waals surface area contributed by atoms with E-state index in [1.54, 1.807) is 18.0 Å². The van der Waals surface area contributed by atoms with Crippen LogP contribution in [0.3, 0.4) is 0 Å². The predicted molar refractivity (Wildman–Crippen MR) is 59.7 cm³/mol. The Balaban J connectivity index is 2.55. The average Bonchev–Trinajstić information content (AvgIpc) is 2.28. The molecule has 0 aliphatic heterocycles. The van der Waals surface area contributed by atoms with Crippen LogP contribution < -0.4 is 4.74 Å². The lowest BCUT2D eigenvalue weighted by molar-refractivity contribution is -0.117. The Hall–Kier alpha value is -1.77. The summed E-state index contributed by atoms with van der Waals surface area (Å²) >= 11 is 0. The molecule has 1 aromatic carbocycles. The third-order valence-electron chi connectivity index (χ3n) is 1.90. The lowest BCUT2D eigenvalue weighted by Crippen LogP contribution is -2.14. The van der Waals surface area contributed by atoms with E-state index in [4.69, 9.17) is 4.74 Å². The number of benzene rings is 1. The highest BCUT2D eigenvalue weighted by Gasteiger charge is 1.97. The van der Waals surface area contributed by atoms with E-state index in [1.165, 1.54) is 0 Å². The van der Waals surface area contributed by atoms with E-state index in [0.29, 0.717) is 13.2 Å². The molecule has 0 unspecified atom stereocenters. The third-order valence-corrected chi connectivity index (χ3v) is 1.90. The predicted octanol–water partition coefficient (Wildman–Crippen LogP) is 1.84. The average molecular weight is 205 g/mol. The van der Waals surface area contributed by atoms with Crippen LogP contribution in [0.4, 0.5) is 0 Å². The zero-order chi connectivity index (χ0) is 11.1. The normalized spacial score (nSPS) is 9.40. The van der Waals surface area contributed by atoms with Crippen molar-refractivity contribution in [3.8, 4) is 5.75 Å². The highest BCUT2D eigenvalue weighted by Crippen LogP contribution is 2.12. The van der Waals surface area contributed by atoms with Gasteiger partial charge in [-0.2, -0.15) is 0 Å². The van der Waals surface area contributed by atoms with Gasteiger partial charge >= 0.3 is 0 Å². The zero-order valence-corrected chi connectivity index (χ0v) is 8.85. The molecule has 80 valence electrons. The molecule has 0 aliphatic carbocycles. The van der Waals surface area contributed by atoms with Gasteiger partial charge in [0.1, 0.15) is 12.4 Å². The molecule has 3 nitrogen and oxygen atoms in total. The van der Waals surface area contributed by atoms with Crippen LogP contribution in [-0.2, 0) is 11.3 Å². The lowest BCUT2D eigenvalue weighted by Gasteiger charge is -2.10. The maximum atomic E-state index is 10.4. The summed E-state index contributed by atoms with van der Waals surface area (Å²) in [5.74, 6) is 0.812. The van der Waals surface area contributed by atoms with Crippen molar-refractivity contribution in [2.75, 3.05) is 13.7 Å². The second-order valence-electron chi connectivity index (χ2n) is 3.26. The monoisotopic (exact) mass is 205 g/mol. The minimum absolute atomic E-state index is 0.508. The highest BCUT2D eigenvalue weighted by molar-refractivity contribution is 5.46. The molecule has 0 bridgehead atoms.